The third-order valence-electron chi connectivity index (χ3n) is 2.80. The van der Waals surface area contributed by atoms with Gasteiger partial charge in [0, 0.05) is 25.7 Å². The fourth-order valence-electron chi connectivity index (χ4n) is 1.77. The van der Waals surface area contributed by atoms with Gasteiger partial charge in [-0.05, 0) is 24.3 Å². The molecule has 2 aromatic heterocycles. The molecule has 1 atom stereocenters. The number of methoxy groups -OCH3 is 1. The van der Waals surface area contributed by atoms with Crippen molar-refractivity contribution in [3.63, 3.8) is 0 Å². The Labute approximate surface area is 117 Å². The summed E-state index contributed by atoms with van der Waals surface area (Å²) in [5.74, 6) is 0.454. The number of aromatic nitrogens is 2. The van der Waals surface area contributed by atoms with Crippen molar-refractivity contribution in [2.24, 2.45) is 0 Å². The van der Waals surface area contributed by atoms with Crippen LogP contribution in [0.3, 0.4) is 0 Å². The van der Waals surface area contributed by atoms with Crippen molar-refractivity contribution in [3.8, 4) is 5.82 Å². The molecule has 1 amide bonds. The molecule has 0 fully saturated rings. The van der Waals surface area contributed by atoms with E-state index in [1.165, 1.54) is 13.3 Å². The van der Waals surface area contributed by atoms with Gasteiger partial charge in [-0.2, -0.15) is 0 Å². The van der Waals surface area contributed by atoms with E-state index in [2.05, 4.69) is 10.3 Å². The van der Waals surface area contributed by atoms with Gasteiger partial charge in [-0.1, -0.05) is 0 Å². The van der Waals surface area contributed by atoms with Gasteiger partial charge in [-0.25, -0.2) is 4.98 Å². The number of aliphatic hydroxyl groups excluding tert-OH is 1. The minimum absolute atomic E-state index is 0.172. The molecule has 106 valence electrons. The van der Waals surface area contributed by atoms with Gasteiger partial charge in [0.2, 0.25) is 0 Å². The first-order valence-electron chi connectivity index (χ1n) is 6.24. The predicted octanol–water partition coefficient (Wildman–Crippen LogP) is 0.609. The topological polar surface area (TPSA) is 76.4 Å². The molecule has 6 heteroatoms. The first-order chi connectivity index (χ1) is 9.74. The second-order valence-corrected chi connectivity index (χ2v) is 4.30. The highest BCUT2D eigenvalue weighted by atomic mass is 16.5. The van der Waals surface area contributed by atoms with Crippen LogP contribution in [0.4, 0.5) is 0 Å². The summed E-state index contributed by atoms with van der Waals surface area (Å²) < 4.78 is 6.76. The number of carbonyl (C=O) groups excluding carboxylic acids is 1. The third-order valence-corrected chi connectivity index (χ3v) is 2.80. The minimum atomic E-state index is -0.420. The van der Waals surface area contributed by atoms with E-state index < -0.39 is 6.04 Å². The Morgan fingerprint density at radius 2 is 2.20 bits per heavy atom. The lowest BCUT2D eigenvalue weighted by molar-refractivity contribution is 0.0839. The molecule has 0 saturated heterocycles. The van der Waals surface area contributed by atoms with Crippen LogP contribution in [0.15, 0.2) is 42.9 Å². The molecular formula is C14H17N3O3. The average Bonchev–Trinajstić information content (AvgIpc) is 3.01. The second-order valence-electron chi connectivity index (χ2n) is 4.30. The third kappa shape index (κ3) is 3.43. The van der Waals surface area contributed by atoms with E-state index in [9.17, 15) is 4.79 Å². The molecule has 2 rings (SSSR count). The van der Waals surface area contributed by atoms with E-state index in [-0.39, 0.29) is 19.1 Å². The number of nitrogens with zero attached hydrogens (tertiary/aromatic N) is 2. The van der Waals surface area contributed by atoms with E-state index >= 15 is 0 Å². The minimum Gasteiger partial charge on any atom is -0.394 e. The highest BCUT2D eigenvalue weighted by Crippen LogP contribution is 2.06. The van der Waals surface area contributed by atoms with Crippen LogP contribution in [-0.4, -0.2) is 46.9 Å². The number of hydrogen-bond acceptors (Lipinski definition) is 4. The Bertz CT molecular complexity index is 537. The lowest BCUT2D eigenvalue weighted by atomic mass is 10.2. The number of amides is 1. The number of nitrogens with one attached hydrogen (secondary N) is 1. The van der Waals surface area contributed by atoms with Crippen molar-refractivity contribution in [3.05, 3.63) is 48.4 Å². The van der Waals surface area contributed by atoms with Crippen molar-refractivity contribution >= 4 is 5.91 Å². The van der Waals surface area contributed by atoms with Crippen molar-refractivity contribution in [2.45, 2.75) is 6.04 Å². The fourth-order valence-corrected chi connectivity index (χ4v) is 1.77. The van der Waals surface area contributed by atoms with E-state index in [0.29, 0.717) is 5.56 Å². The van der Waals surface area contributed by atoms with Crippen LogP contribution in [0, 0.1) is 0 Å². The first-order valence-corrected chi connectivity index (χ1v) is 6.24. The van der Waals surface area contributed by atoms with Gasteiger partial charge >= 0.3 is 0 Å². The molecule has 0 aliphatic heterocycles. The summed E-state index contributed by atoms with van der Waals surface area (Å²) >= 11 is 0. The summed E-state index contributed by atoms with van der Waals surface area (Å²) in [6.45, 7) is 0.0889. The summed E-state index contributed by atoms with van der Waals surface area (Å²) in [6.07, 6.45) is 5.26. The van der Waals surface area contributed by atoms with Crippen molar-refractivity contribution in [1.29, 1.82) is 0 Å². The number of ether oxygens (including phenoxy) is 1. The molecule has 0 aliphatic rings. The van der Waals surface area contributed by atoms with Gasteiger partial charge in [-0.15, -0.1) is 0 Å². The Morgan fingerprint density at radius 3 is 2.75 bits per heavy atom. The van der Waals surface area contributed by atoms with E-state index in [0.717, 1.165) is 5.82 Å². The Morgan fingerprint density at radius 1 is 1.45 bits per heavy atom. The largest absolute Gasteiger partial charge is 0.394 e. The van der Waals surface area contributed by atoms with Crippen LogP contribution in [0.5, 0.6) is 0 Å². The molecule has 0 aromatic carbocycles. The molecule has 2 heterocycles. The van der Waals surface area contributed by atoms with Crippen molar-refractivity contribution in [1.82, 2.24) is 14.9 Å². The molecule has 0 radical (unpaired) electrons. The normalized spacial score (nSPS) is 12.1. The standard InChI is InChI=1S/C14H17N3O3/c1-20-10-12(9-18)16-14(19)11-4-5-13(15-8-11)17-6-2-3-7-17/h2-8,12,18H,9-10H2,1H3,(H,16,19)/t12-/m1/s1. The monoisotopic (exact) mass is 275 g/mol. The molecule has 6 nitrogen and oxygen atoms in total. The molecule has 0 saturated carbocycles. The van der Waals surface area contributed by atoms with Crippen LogP contribution in [0.2, 0.25) is 0 Å². The number of hydrogen-bond donors (Lipinski definition) is 2. The summed E-state index contributed by atoms with van der Waals surface area (Å²) in [7, 11) is 1.52. The van der Waals surface area contributed by atoms with Gasteiger partial charge in [0.05, 0.1) is 24.8 Å². The molecule has 20 heavy (non-hydrogen) atoms. The van der Waals surface area contributed by atoms with Gasteiger partial charge in [-0.3, -0.25) is 4.79 Å². The lowest BCUT2D eigenvalue weighted by Crippen LogP contribution is -2.40. The summed E-state index contributed by atoms with van der Waals surface area (Å²) in [6, 6.07) is 6.84. The maximum absolute atomic E-state index is 12.0. The molecule has 0 spiro atoms. The maximum Gasteiger partial charge on any atom is 0.253 e. The lowest BCUT2D eigenvalue weighted by Gasteiger charge is -2.15. The maximum atomic E-state index is 12.0. The average molecular weight is 275 g/mol. The number of pyridine rings is 1. The van der Waals surface area contributed by atoms with Crippen LogP contribution >= 0.6 is 0 Å². The molecule has 0 unspecified atom stereocenters. The zero-order chi connectivity index (χ0) is 14.4. The highest BCUT2D eigenvalue weighted by molar-refractivity contribution is 5.94. The smallest absolute Gasteiger partial charge is 0.253 e. The molecule has 2 aromatic rings. The first kappa shape index (κ1) is 14.2. The SMILES string of the molecule is COC[C@@H](CO)NC(=O)c1ccc(-n2cccc2)nc1. The zero-order valence-corrected chi connectivity index (χ0v) is 11.2. The van der Waals surface area contributed by atoms with Crippen LogP contribution < -0.4 is 5.32 Å². The fraction of sp³-hybridized carbons (Fsp3) is 0.286. The number of aliphatic hydroxyl groups is 1. The second kappa shape index (κ2) is 6.83. The van der Waals surface area contributed by atoms with Crippen molar-refractivity contribution < 1.29 is 14.6 Å². The van der Waals surface area contributed by atoms with Gasteiger partial charge in [0.1, 0.15) is 5.82 Å². The van der Waals surface area contributed by atoms with Gasteiger partial charge in [0.15, 0.2) is 0 Å². The van der Waals surface area contributed by atoms with E-state index in [1.807, 2.05) is 29.1 Å². The Kier molecular flexibility index (Phi) is 4.86. The Hall–Kier alpha value is -2.18. The number of carbonyl (C=O) groups is 1. The molecular weight excluding hydrogens is 258 g/mol. The Balaban J connectivity index is 2.04. The predicted molar refractivity (Wildman–Crippen MR) is 73.8 cm³/mol. The summed E-state index contributed by atoms with van der Waals surface area (Å²) in [5, 5.41) is 11.8. The summed E-state index contributed by atoms with van der Waals surface area (Å²) in [4.78, 5) is 16.2. The quantitative estimate of drug-likeness (QED) is 0.810. The van der Waals surface area contributed by atoms with Crippen LogP contribution in [0.1, 0.15) is 10.4 Å². The van der Waals surface area contributed by atoms with Crippen LogP contribution in [0.25, 0.3) is 5.82 Å². The number of rotatable bonds is 6. The zero-order valence-electron chi connectivity index (χ0n) is 11.2. The van der Waals surface area contributed by atoms with Gasteiger partial charge in [0.25, 0.3) is 5.91 Å². The van der Waals surface area contributed by atoms with Crippen LogP contribution in [-0.2, 0) is 4.74 Å². The molecule has 0 bridgehead atoms. The van der Waals surface area contributed by atoms with Gasteiger partial charge < -0.3 is 19.7 Å². The summed E-state index contributed by atoms with van der Waals surface area (Å²) in [5.41, 5.74) is 0.440. The van der Waals surface area contributed by atoms with E-state index in [4.69, 9.17) is 9.84 Å². The van der Waals surface area contributed by atoms with Crippen molar-refractivity contribution in [2.75, 3.05) is 20.3 Å². The molecule has 2 N–H and O–H groups in total. The highest BCUT2D eigenvalue weighted by Gasteiger charge is 2.13. The van der Waals surface area contributed by atoms with E-state index in [1.54, 1.807) is 12.1 Å². The molecule has 0 aliphatic carbocycles.